The van der Waals surface area contributed by atoms with Crippen LogP contribution in [0.15, 0.2) is 36.4 Å². The highest BCUT2D eigenvalue weighted by molar-refractivity contribution is 6.35. The second kappa shape index (κ2) is 8.97. The second-order valence-electron chi connectivity index (χ2n) is 6.42. The summed E-state index contributed by atoms with van der Waals surface area (Å²) in [6.45, 7) is 1.63. The summed E-state index contributed by atoms with van der Waals surface area (Å²) in [4.78, 5) is 26.5. The molecule has 1 aromatic heterocycles. The Labute approximate surface area is 176 Å². The van der Waals surface area contributed by atoms with Crippen molar-refractivity contribution in [1.82, 2.24) is 9.88 Å². The molecule has 4 rings (SSSR count). The zero-order valence-corrected chi connectivity index (χ0v) is 17.0. The minimum absolute atomic E-state index is 0.0204. The molecule has 0 spiro atoms. The van der Waals surface area contributed by atoms with Gasteiger partial charge in [0.05, 0.1) is 6.54 Å². The third-order valence-electron chi connectivity index (χ3n) is 4.57. The number of fused-ring (bicyclic) bond motifs is 3. The van der Waals surface area contributed by atoms with Gasteiger partial charge in [-0.3, -0.25) is 14.5 Å². The first-order chi connectivity index (χ1) is 13.4. The summed E-state index contributed by atoms with van der Waals surface area (Å²) < 4.78 is 0. The standard InChI is InChI=1S/C19H15Cl3N2O.CH2O2/c20-12-1-2-17-16(8-12)15-3-4-24(9-18(15)23-17)10-19(25)11-5-13(21)7-14(22)6-11;2-1-3/h1-2,5-8,23H,3-4,9-10H2;1H,(H,2,3). The molecule has 0 saturated carbocycles. The van der Waals surface area contributed by atoms with Gasteiger partial charge < -0.3 is 10.1 Å². The van der Waals surface area contributed by atoms with Crippen molar-refractivity contribution in [3.8, 4) is 0 Å². The highest BCUT2D eigenvalue weighted by Crippen LogP contribution is 2.29. The van der Waals surface area contributed by atoms with E-state index in [0.29, 0.717) is 28.7 Å². The van der Waals surface area contributed by atoms with Crippen LogP contribution < -0.4 is 0 Å². The van der Waals surface area contributed by atoms with Crippen LogP contribution >= 0.6 is 34.8 Å². The number of carboxylic acid groups (broad SMARTS) is 1. The highest BCUT2D eigenvalue weighted by Gasteiger charge is 2.22. The normalized spacial score (nSPS) is 13.5. The van der Waals surface area contributed by atoms with Gasteiger partial charge >= 0.3 is 0 Å². The van der Waals surface area contributed by atoms with Crippen molar-refractivity contribution in [3.63, 3.8) is 0 Å². The maximum absolute atomic E-state index is 12.6. The molecule has 0 atom stereocenters. The molecule has 2 heterocycles. The minimum Gasteiger partial charge on any atom is -0.483 e. The lowest BCUT2D eigenvalue weighted by Crippen LogP contribution is -2.34. The summed E-state index contributed by atoms with van der Waals surface area (Å²) in [6.07, 6.45) is 0.888. The molecule has 2 N–H and O–H groups in total. The van der Waals surface area contributed by atoms with Crippen molar-refractivity contribution in [2.24, 2.45) is 0 Å². The van der Waals surface area contributed by atoms with Crippen molar-refractivity contribution < 1.29 is 14.7 Å². The number of rotatable bonds is 3. The summed E-state index contributed by atoms with van der Waals surface area (Å²) in [6, 6.07) is 10.8. The molecule has 146 valence electrons. The molecule has 2 aromatic carbocycles. The van der Waals surface area contributed by atoms with E-state index in [2.05, 4.69) is 9.88 Å². The predicted octanol–water partition coefficient (Wildman–Crippen LogP) is 5.07. The molecule has 3 aromatic rings. The topological polar surface area (TPSA) is 73.4 Å². The molecule has 0 saturated heterocycles. The molecule has 1 aliphatic rings. The van der Waals surface area contributed by atoms with Gasteiger partial charge in [-0.15, -0.1) is 0 Å². The average Bonchev–Trinajstić information content (AvgIpc) is 2.98. The second-order valence-corrected chi connectivity index (χ2v) is 7.73. The first-order valence-electron chi connectivity index (χ1n) is 8.49. The van der Waals surface area contributed by atoms with Gasteiger partial charge in [0.2, 0.25) is 0 Å². The molecule has 0 amide bonds. The lowest BCUT2D eigenvalue weighted by molar-refractivity contribution is -0.122. The van der Waals surface area contributed by atoms with E-state index in [9.17, 15) is 4.79 Å². The molecule has 0 aliphatic carbocycles. The van der Waals surface area contributed by atoms with Gasteiger partial charge in [-0.2, -0.15) is 0 Å². The maximum atomic E-state index is 12.6. The molecule has 0 unspecified atom stereocenters. The maximum Gasteiger partial charge on any atom is 0.290 e. The summed E-state index contributed by atoms with van der Waals surface area (Å²) in [5.41, 5.74) is 4.09. The lowest BCUT2D eigenvalue weighted by Gasteiger charge is -2.26. The number of hydrogen-bond donors (Lipinski definition) is 2. The Balaban J connectivity index is 0.000000706. The van der Waals surface area contributed by atoms with E-state index in [0.717, 1.165) is 29.2 Å². The van der Waals surface area contributed by atoms with E-state index in [4.69, 9.17) is 44.7 Å². The van der Waals surface area contributed by atoms with Crippen LogP contribution in [0.1, 0.15) is 21.6 Å². The fourth-order valence-electron chi connectivity index (χ4n) is 3.41. The van der Waals surface area contributed by atoms with Crippen molar-refractivity contribution in [2.75, 3.05) is 13.1 Å². The van der Waals surface area contributed by atoms with E-state index in [1.807, 2.05) is 18.2 Å². The molecular weight excluding hydrogens is 423 g/mol. The van der Waals surface area contributed by atoms with Crippen LogP contribution in [0, 0.1) is 0 Å². The number of ketones is 1. The van der Waals surface area contributed by atoms with Crippen LogP contribution in [0.4, 0.5) is 0 Å². The number of nitrogens with one attached hydrogen (secondary N) is 1. The van der Waals surface area contributed by atoms with Crippen LogP contribution in [0.3, 0.4) is 0 Å². The summed E-state index contributed by atoms with van der Waals surface area (Å²) in [5, 5.41) is 9.76. The highest BCUT2D eigenvalue weighted by atomic mass is 35.5. The first kappa shape index (κ1) is 20.7. The zero-order valence-electron chi connectivity index (χ0n) is 14.7. The fraction of sp³-hybridized carbons (Fsp3) is 0.200. The van der Waals surface area contributed by atoms with Crippen molar-refractivity contribution in [3.05, 3.63) is 68.3 Å². The van der Waals surface area contributed by atoms with Gasteiger partial charge in [0, 0.05) is 50.3 Å². The Hall–Kier alpha value is -2.05. The van der Waals surface area contributed by atoms with E-state index in [1.54, 1.807) is 18.2 Å². The average molecular weight is 440 g/mol. The minimum atomic E-state index is -0.250. The number of Topliss-reactive ketones (excluding diaryl/α,β-unsaturated/α-hetero) is 1. The SMILES string of the molecule is O=C(CN1CCc2c([nH]c3ccc(Cl)cc23)C1)c1cc(Cl)cc(Cl)c1.O=CO. The third-order valence-corrected chi connectivity index (χ3v) is 5.24. The van der Waals surface area contributed by atoms with Gasteiger partial charge in [-0.05, 0) is 48.4 Å². The van der Waals surface area contributed by atoms with Crippen LogP contribution in [0.2, 0.25) is 15.1 Å². The lowest BCUT2D eigenvalue weighted by atomic mass is 10.0. The number of nitrogens with zero attached hydrogens (tertiary/aromatic N) is 1. The quantitative estimate of drug-likeness (QED) is 0.441. The number of carbonyl (C=O) groups excluding carboxylic acids is 1. The number of halogens is 3. The number of carbonyl (C=O) groups is 2. The van der Waals surface area contributed by atoms with Gasteiger partial charge in [0.1, 0.15) is 0 Å². The molecule has 0 radical (unpaired) electrons. The third kappa shape index (κ3) is 4.67. The molecule has 0 fully saturated rings. The Morgan fingerprint density at radius 1 is 1.11 bits per heavy atom. The van der Waals surface area contributed by atoms with Crippen molar-refractivity contribution in [1.29, 1.82) is 0 Å². The molecule has 1 aliphatic heterocycles. The first-order valence-corrected chi connectivity index (χ1v) is 9.63. The Morgan fingerprint density at radius 3 is 2.46 bits per heavy atom. The van der Waals surface area contributed by atoms with Gasteiger partial charge in [0.15, 0.2) is 5.78 Å². The monoisotopic (exact) mass is 438 g/mol. The van der Waals surface area contributed by atoms with Gasteiger partial charge in [-0.25, -0.2) is 0 Å². The Bertz CT molecular complexity index is 1010. The molecule has 5 nitrogen and oxygen atoms in total. The summed E-state index contributed by atoms with van der Waals surface area (Å²) in [7, 11) is 0. The van der Waals surface area contributed by atoms with Gasteiger partial charge in [-0.1, -0.05) is 34.8 Å². The predicted molar refractivity (Wildman–Crippen MR) is 112 cm³/mol. The van der Waals surface area contributed by atoms with Crippen LogP contribution in [-0.2, 0) is 17.8 Å². The summed E-state index contributed by atoms with van der Waals surface area (Å²) in [5.74, 6) is 0.0204. The fourth-order valence-corrected chi connectivity index (χ4v) is 4.11. The molecule has 28 heavy (non-hydrogen) atoms. The zero-order chi connectivity index (χ0) is 20.3. The van der Waals surface area contributed by atoms with Crippen molar-refractivity contribution >= 4 is 58.0 Å². The molecule has 0 bridgehead atoms. The van der Waals surface area contributed by atoms with Gasteiger partial charge in [0.25, 0.3) is 6.47 Å². The largest absolute Gasteiger partial charge is 0.483 e. The van der Waals surface area contributed by atoms with E-state index < -0.39 is 0 Å². The van der Waals surface area contributed by atoms with E-state index in [-0.39, 0.29) is 12.3 Å². The number of aromatic amines is 1. The Morgan fingerprint density at radius 2 is 1.79 bits per heavy atom. The van der Waals surface area contributed by atoms with E-state index in [1.165, 1.54) is 10.9 Å². The Kier molecular flexibility index (Phi) is 6.62. The molecular formula is C20H17Cl3N2O3. The number of aromatic nitrogens is 1. The molecule has 8 heteroatoms. The van der Waals surface area contributed by atoms with Crippen LogP contribution in [0.5, 0.6) is 0 Å². The van der Waals surface area contributed by atoms with Crippen LogP contribution in [-0.4, -0.2) is 40.3 Å². The summed E-state index contributed by atoms with van der Waals surface area (Å²) >= 11 is 18.1. The smallest absolute Gasteiger partial charge is 0.290 e. The van der Waals surface area contributed by atoms with Crippen LogP contribution in [0.25, 0.3) is 10.9 Å². The number of benzene rings is 2. The van der Waals surface area contributed by atoms with Crippen molar-refractivity contribution in [2.45, 2.75) is 13.0 Å². The number of H-pyrrole nitrogens is 1. The van der Waals surface area contributed by atoms with E-state index >= 15 is 0 Å². The number of hydrogen-bond acceptors (Lipinski definition) is 3.